The summed E-state index contributed by atoms with van der Waals surface area (Å²) in [4.78, 5) is 10.3. The Balaban J connectivity index is 0. The maximum absolute atomic E-state index is 10.3. The number of rotatable bonds is 3. The third kappa shape index (κ3) is 10.2. The largest absolute Gasteiger partial charge is 0.481 e. The van der Waals surface area contributed by atoms with Crippen molar-refractivity contribution in [2.45, 2.75) is 40.5 Å². The normalized spacial score (nSPS) is 13.3. The number of carbonyl (C=O) groups is 1. The Morgan fingerprint density at radius 2 is 1.83 bits per heavy atom. The predicted octanol–water partition coefficient (Wildman–Crippen LogP) is 2.53. The van der Waals surface area contributed by atoms with Crippen molar-refractivity contribution < 1.29 is 31.0 Å². The number of aliphatic carboxylic acids is 1. The van der Waals surface area contributed by atoms with E-state index in [0.717, 1.165) is 6.42 Å². The van der Waals surface area contributed by atoms with Crippen molar-refractivity contribution in [2.75, 3.05) is 0 Å². The van der Waals surface area contributed by atoms with Crippen LogP contribution in [0, 0.1) is 11.3 Å². The van der Waals surface area contributed by atoms with E-state index in [1.165, 1.54) is 0 Å². The van der Waals surface area contributed by atoms with Crippen LogP contribution in [0.15, 0.2) is 0 Å². The summed E-state index contributed by atoms with van der Waals surface area (Å²) in [6, 6.07) is 0. The average molecular weight is 254 g/mol. The maximum atomic E-state index is 10.3. The Morgan fingerprint density at radius 1 is 1.42 bits per heavy atom. The van der Waals surface area contributed by atoms with Crippen molar-refractivity contribution in [3.05, 3.63) is 0 Å². The molecule has 0 spiro atoms. The minimum atomic E-state index is -0.693. The van der Waals surface area contributed by atoms with Gasteiger partial charge in [-0.15, -0.1) is 0 Å². The van der Waals surface area contributed by atoms with Gasteiger partial charge in [-0.25, -0.2) is 0 Å². The number of carboxylic acid groups (broad SMARTS) is 1. The molecule has 0 bridgehead atoms. The maximum Gasteiger partial charge on any atom is 0.303 e. The van der Waals surface area contributed by atoms with Crippen molar-refractivity contribution >= 4 is 5.97 Å². The molecule has 0 heterocycles. The first-order valence-corrected chi connectivity index (χ1v) is 4.03. The molecule has 0 aliphatic carbocycles. The minimum absolute atomic E-state index is 0. The van der Waals surface area contributed by atoms with Crippen LogP contribution in [0.2, 0.25) is 0 Å². The first-order valence-electron chi connectivity index (χ1n) is 4.03. The van der Waals surface area contributed by atoms with Gasteiger partial charge in [-0.1, -0.05) is 27.7 Å². The molecule has 0 saturated heterocycles. The molecule has 0 amide bonds. The third-order valence-electron chi connectivity index (χ3n) is 1.48. The zero-order valence-electron chi connectivity index (χ0n) is 8.26. The summed E-state index contributed by atoms with van der Waals surface area (Å²) < 4.78 is 0. The molecule has 1 N–H and O–H groups in total. The van der Waals surface area contributed by atoms with Gasteiger partial charge in [0.25, 0.3) is 0 Å². The Morgan fingerprint density at radius 3 is 2.08 bits per heavy atom. The van der Waals surface area contributed by atoms with Gasteiger partial charge < -0.3 is 5.11 Å². The number of hydrogen-bond donors (Lipinski definition) is 1. The zero-order valence-corrected chi connectivity index (χ0v) is 10.3. The van der Waals surface area contributed by atoms with Crippen LogP contribution in [-0.4, -0.2) is 11.1 Å². The molecule has 0 aliphatic rings. The van der Waals surface area contributed by atoms with Crippen molar-refractivity contribution in [3.8, 4) is 0 Å². The fourth-order valence-corrected chi connectivity index (χ4v) is 1.42. The topological polar surface area (TPSA) is 37.3 Å². The standard InChI is InChI=1S/C9H18O2.Mo/c1-7(5-8(10)11)6-9(2,3)4;/h7H,5-6H2,1-4H3,(H,10,11);. The Kier molecular flexibility index (Phi) is 7.02. The molecular weight excluding hydrogens is 236 g/mol. The van der Waals surface area contributed by atoms with Crippen molar-refractivity contribution in [1.29, 1.82) is 0 Å². The van der Waals surface area contributed by atoms with Gasteiger partial charge in [-0.3, -0.25) is 4.79 Å². The van der Waals surface area contributed by atoms with Gasteiger partial charge in [0, 0.05) is 27.5 Å². The van der Waals surface area contributed by atoms with Crippen LogP contribution < -0.4 is 0 Å². The van der Waals surface area contributed by atoms with Gasteiger partial charge in [0.15, 0.2) is 0 Å². The summed E-state index contributed by atoms with van der Waals surface area (Å²) in [5.74, 6) is -0.408. The molecule has 2 nitrogen and oxygen atoms in total. The van der Waals surface area contributed by atoms with Crippen LogP contribution in [0.1, 0.15) is 40.5 Å². The molecule has 12 heavy (non-hydrogen) atoms. The summed E-state index contributed by atoms with van der Waals surface area (Å²) in [6.07, 6.45) is 1.26. The fourth-order valence-electron chi connectivity index (χ4n) is 1.42. The second kappa shape index (κ2) is 5.74. The molecule has 0 aromatic carbocycles. The average Bonchev–Trinajstić information content (AvgIpc) is 1.53. The minimum Gasteiger partial charge on any atom is -0.481 e. The number of carboxylic acids is 1. The van der Waals surface area contributed by atoms with Gasteiger partial charge in [0.2, 0.25) is 0 Å². The predicted molar refractivity (Wildman–Crippen MR) is 45.5 cm³/mol. The first kappa shape index (κ1) is 14.7. The van der Waals surface area contributed by atoms with Gasteiger partial charge in [-0.2, -0.15) is 0 Å². The summed E-state index contributed by atoms with van der Waals surface area (Å²) in [5, 5.41) is 8.48. The van der Waals surface area contributed by atoms with E-state index < -0.39 is 5.97 Å². The smallest absolute Gasteiger partial charge is 0.303 e. The molecule has 1 atom stereocenters. The van der Waals surface area contributed by atoms with E-state index in [-0.39, 0.29) is 38.8 Å². The molecular formula is C9H18MoO2. The van der Waals surface area contributed by atoms with Crippen LogP contribution >= 0.6 is 0 Å². The fraction of sp³-hybridized carbons (Fsp3) is 0.889. The molecule has 3 heteroatoms. The van der Waals surface area contributed by atoms with Crippen LogP contribution in [0.5, 0.6) is 0 Å². The van der Waals surface area contributed by atoms with Crippen molar-refractivity contribution in [2.24, 2.45) is 11.3 Å². The van der Waals surface area contributed by atoms with Crippen LogP contribution in [0.4, 0.5) is 0 Å². The van der Waals surface area contributed by atoms with Gasteiger partial charge in [0.1, 0.15) is 0 Å². The van der Waals surface area contributed by atoms with E-state index >= 15 is 0 Å². The summed E-state index contributed by atoms with van der Waals surface area (Å²) >= 11 is 0. The van der Waals surface area contributed by atoms with Crippen molar-refractivity contribution in [3.63, 3.8) is 0 Å². The van der Waals surface area contributed by atoms with Gasteiger partial charge in [0.05, 0.1) is 0 Å². The second-order valence-corrected chi connectivity index (χ2v) is 4.47. The van der Waals surface area contributed by atoms with E-state index in [4.69, 9.17) is 5.11 Å². The zero-order chi connectivity index (χ0) is 9.07. The molecule has 72 valence electrons. The number of hydrogen-bond acceptors (Lipinski definition) is 1. The first-order chi connectivity index (χ1) is 4.81. The molecule has 0 rings (SSSR count). The van der Waals surface area contributed by atoms with Crippen molar-refractivity contribution in [1.82, 2.24) is 0 Å². The molecule has 1 unspecified atom stereocenters. The second-order valence-electron chi connectivity index (χ2n) is 4.47. The Bertz CT molecular complexity index is 138. The molecule has 0 radical (unpaired) electrons. The monoisotopic (exact) mass is 256 g/mol. The Hall–Kier alpha value is 0.158. The summed E-state index contributed by atoms with van der Waals surface area (Å²) in [6.45, 7) is 8.38. The molecule has 0 aromatic rings. The summed E-state index contributed by atoms with van der Waals surface area (Å²) in [7, 11) is 0. The van der Waals surface area contributed by atoms with E-state index in [0.29, 0.717) is 0 Å². The Labute approximate surface area is 89.0 Å². The van der Waals surface area contributed by atoms with E-state index in [1.54, 1.807) is 0 Å². The quantitative estimate of drug-likeness (QED) is 0.786. The molecule has 0 fully saturated rings. The van der Waals surface area contributed by atoms with Crippen LogP contribution in [-0.2, 0) is 25.9 Å². The van der Waals surface area contributed by atoms with E-state index in [1.807, 2.05) is 6.92 Å². The van der Waals surface area contributed by atoms with Crippen LogP contribution in [0.3, 0.4) is 0 Å². The van der Waals surface area contributed by atoms with E-state index in [2.05, 4.69) is 20.8 Å². The molecule has 0 saturated carbocycles. The van der Waals surface area contributed by atoms with Crippen LogP contribution in [0.25, 0.3) is 0 Å². The molecule has 0 aromatic heterocycles. The third-order valence-corrected chi connectivity index (χ3v) is 1.48. The van der Waals surface area contributed by atoms with Gasteiger partial charge in [-0.05, 0) is 17.8 Å². The van der Waals surface area contributed by atoms with E-state index in [9.17, 15) is 4.79 Å². The summed E-state index contributed by atoms with van der Waals surface area (Å²) in [5.41, 5.74) is 0.245. The van der Waals surface area contributed by atoms with Gasteiger partial charge >= 0.3 is 5.97 Å². The molecule has 0 aliphatic heterocycles. The SMILES string of the molecule is CC(CC(=O)O)CC(C)(C)C.[Mo].